The van der Waals surface area contributed by atoms with Gasteiger partial charge in [-0.05, 0) is 48.5 Å². The van der Waals surface area contributed by atoms with Gasteiger partial charge in [-0.15, -0.1) is 0 Å². The molecular formula is C46H52F2N10O7Si2. The molecule has 2 fully saturated rings. The van der Waals surface area contributed by atoms with E-state index in [1.54, 1.807) is 49.2 Å². The van der Waals surface area contributed by atoms with Gasteiger partial charge in [-0.3, -0.25) is 14.2 Å². The standard InChI is InChI=1S/C23H26FN5O4Si.C23H26FN5O3Si/c1-34(2,3)7-6-32-13-28-10-17(23(30)31)21-22(28)25-9-18(26-21)20-16-5-4-14(24)8-19(16)29(27-20)15-11-33-12-15;1-33(2,3)7-6-31-14-28-10-15(11-30)21-23(28)25-9-19(26-21)22-18-5-4-16(24)8-20(18)29(27-22)17-12-32-13-17/h4-5,8-10,15H,6-7,11-13H2,1-3H3,(H,30,31);4-5,8-11,17H,6-7,12-14H2,1-3H3. The van der Waals surface area contributed by atoms with Crippen LogP contribution in [-0.4, -0.2) is 122 Å². The third-order valence-electron chi connectivity index (χ3n) is 11.7. The third kappa shape index (κ3) is 9.70. The number of carboxylic acids is 1. The molecule has 0 amide bonds. The third-order valence-corrected chi connectivity index (χ3v) is 15.1. The summed E-state index contributed by atoms with van der Waals surface area (Å²) in [7, 11) is -2.42. The number of halogens is 2. The number of benzene rings is 2. The van der Waals surface area contributed by atoms with Crippen LogP contribution in [0.2, 0.25) is 51.4 Å². The normalized spacial score (nSPS) is 14.7. The van der Waals surface area contributed by atoms with Gasteiger partial charge in [0.1, 0.15) is 64.5 Å². The largest absolute Gasteiger partial charge is 0.478 e. The average molecular weight is 951 g/mol. The molecule has 0 bridgehead atoms. The number of rotatable bonds is 16. The lowest BCUT2D eigenvalue weighted by molar-refractivity contribution is -0.0266. The van der Waals surface area contributed by atoms with Crippen molar-refractivity contribution < 1.29 is 42.4 Å². The van der Waals surface area contributed by atoms with Crippen LogP contribution in [0, 0.1) is 11.6 Å². The minimum Gasteiger partial charge on any atom is -0.478 e. The number of hydrogen-bond acceptors (Lipinski definition) is 12. The molecule has 2 saturated heterocycles. The molecule has 0 saturated carbocycles. The Morgan fingerprint density at radius 1 is 0.731 bits per heavy atom. The summed E-state index contributed by atoms with van der Waals surface area (Å²) in [5.41, 5.74) is 5.63. The molecule has 10 rings (SSSR count). The summed E-state index contributed by atoms with van der Waals surface area (Å²) in [6.07, 6.45) is 7.20. The van der Waals surface area contributed by atoms with Crippen molar-refractivity contribution in [3.63, 3.8) is 0 Å². The van der Waals surface area contributed by atoms with Gasteiger partial charge in [0.25, 0.3) is 0 Å². The lowest BCUT2D eigenvalue weighted by Gasteiger charge is -2.26. The number of aromatic carboxylic acids is 1. The monoisotopic (exact) mass is 950 g/mol. The van der Waals surface area contributed by atoms with Crippen LogP contribution in [0.5, 0.6) is 0 Å². The number of carbonyl (C=O) groups excluding carboxylic acids is 1. The number of ether oxygens (including phenoxy) is 4. The number of nitrogens with zero attached hydrogens (tertiary/aromatic N) is 10. The van der Waals surface area contributed by atoms with Gasteiger partial charge in [-0.25, -0.2) is 33.5 Å². The predicted octanol–water partition coefficient (Wildman–Crippen LogP) is 8.45. The molecule has 1 N–H and O–H groups in total. The molecule has 350 valence electrons. The average Bonchev–Trinajstić information content (AvgIpc) is 4.00. The van der Waals surface area contributed by atoms with Crippen molar-refractivity contribution in [1.82, 2.24) is 48.6 Å². The van der Waals surface area contributed by atoms with Crippen LogP contribution in [0.15, 0.2) is 61.2 Å². The zero-order chi connectivity index (χ0) is 47.2. The van der Waals surface area contributed by atoms with Crippen LogP contribution in [0.4, 0.5) is 8.78 Å². The van der Waals surface area contributed by atoms with Crippen LogP contribution in [0.3, 0.4) is 0 Å². The van der Waals surface area contributed by atoms with Crippen LogP contribution >= 0.6 is 0 Å². The fourth-order valence-electron chi connectivity index (χ4n) is 7.76. The second kappa shape index (κ2) is 18.5. The summed E-state index contributed by atoms with van der Waals surface area (Å²) in [6.45, 7) is 17.6. The Balaban J connectivity index is 0.000000168. The molecule has 17 nitrogen and oxygen atoms in total. The van der Waals surface area contributed by atoms with E-state index in [1.165, 1.54) is 30.5 Å². The fourth-order valence-corrected chi connectivity index (χ4v) is 9.28. The molecule has 21 heteroatoms. The zero-order valence-electron chi connectivity index (χ0n) is 38.2. The van der Waals surface area contributed by atoms with E-state index < -0.39 is 22.1 Å². The van der Waals surface area contributed by atoms with E-state index in [9.17, 15) is 23.5 Å². The van der Waals surface area contributed by atoms with Crippen LogP contribution in [-0.2, 0) is 32.4 Å². The first-order chi connectivity index (χ1) is 32.0. The first-order valence-electron chi connectivity index (χ1n) is 22.1. The van der Waals surface area contributed by atoms with Crippen LogP contribution in [0.25, 0.3) is 66.9 Å². The summed E-state index contributed by atoms with van der Waals surface area (Å²) in [4.78, 5) is 42.1. The fraction of sp³-hybridized carbons (Fsp3) is 0.391. The quantitative estimate of drug-likeness (QED) is 0.0553. The van der Waals surface area contributed by atoms with Crippen molar-refractivity contribution in [2.45, 2.75) is 76.9 Å². The van der Waals surface area contributed by atoms with Gasteiger partial charge in [-0.1, -0.05) is 39.3 Å². The SMILES string of the molecule is C[Si](C)(C)CCOCn1cc(C(=O)O)c2nc(-c3nn(C4COC4)c4cc(F)ccc34)cnc21.C[Si](C)(C)CCOCn1cc(C=O)c2nc(-c3nn(C4COC4)c4cc(F)ccc34)cnc21. The highest BCUT2D eigenvalue weighted by Gasteiger charge is 2.28. The van der Waals surface area contributed by atoms with Gasteiger partial charge in [0.15, 0.2) is 17.6 Å². The summed E-state index contributed by atoms with van der Waals surface area (Å²) >= 11 is 0. The van der Waals surface area contributed by atoms with Gasteiger partial charge < -0.3 is 33.2 Å². The van der Waals surface area contributed by atoms with E-state index in [0.717, 1.165) is 23.8 Å². The Bertz CT molecular complexity index is 3150. The topological polar surface area (TPSA) is 188 Å². The highest BCUT2D eigenvalue weighted by Crippen LogP contribution is 2.34. The van der Waals surface area contributed by atoms with E-state index in [-0.39, 0.29) is 41.5 Å². The van der Waals surface area contributed by atoms with Gasteiger partial charge in [0.05, 0.1) is 67.5 Å². The molecule has 8 aromatic rings. The van der Waals surface area contributed by atoms with Crippen molar-refractivity contribution in [2.24, 2.45) is 0 Å². The van der Waals surface area contributed by atoms with E-state index in [0.29, 0.717) is 108 Å². The maximum absolute atomic E-state index is 14.0. The van der Waals surface area contributed by atoms with Crippen LogP contribution in [0.1, 0.15) is 32.8 Å². The molecule has 6 aromatic heterocycles. The number of carbonyl (C=O) groups is 2. The lowest BCUT2D eigenvalue weighted by atomic mass is 10.1. The van der Waals surface area contributed by atoms with Gasteiger partial charge in [0.2, 0.25) is 0 Å². The highest BCUT2D eigenvalue weighted by molar-refractivity contribution is 6.76. The molecule has 0 spiro atoms. The Labute approximate surface area is 385 Å². The van der Waals surface area contributed by atoms with Crippen molar-refractivity contribution in [3.8, 4) is 22.8 Å². The Hall–Kier alpha value is -6.11. The number of carboxylic acid groups (broad SMARTS) is 1. The number of fused-ring (bicyclic) bond motifs is 4. The molecule has 67 heavy (non-hydrogen) atoms. The minimum absolute atomic E-state index is 0.0127. The molecule has 2 aliphatic heterocycles. The first-order valence-corrected chi connectivity index (χ1v) is 29.5. The van der Waals surface area contributed by atoms with Crippen LogP contribution < -0.4 is 0 Å². The zero-order valence-corrected chi connectivity index (χ0v) is 40.2. The number of aromatic nitrogens is 10. The molecule has 8 heterocycles. The van der Waals surface area contributed by atoms with E-state index in [1.807, 2.05) is 0 Å². The van der Waals surface area contributed by atoms with Gasteiger partial charge in [-0.2, -0.15) is 10.2 Å². The second-order valence-electron chi connectivity index (χ2n) is 19.3. The van der Waals surface area contributed by atoms with E-state index >= 15 is 0 Å². The van der Waals surface area contributed by atoms with E-state index in [4.69, 9.17) is 29.0 Å². The second-order valence-corrected chi connectivity index (χ2v) is 30.6. The maximum atomic E-state index is 14.0. The molecule has 2 aromatic carbocycles. The summed E-state index contributed by atoms with van der Waals surface area (Å²) in [6, 6.07) is 11.2. The molecule has 0 unspecified atom stereocenters. The molecule has 0 atom stereocenters. The minimum atomic E-state index is -1.23. The highest BCUT2D eigenvalue weighted by atomic mass is 28.3. The molecule has 0 aliphatic carbocycles. The predicted molar refractivity (Wildman–Crippen MR) is 253 cm³/mol. The molecule has 0 radical (unpaired) electrons. The van der Waals surface area contributed by atoms with Gasteiger partial charge in [0, 0.05) is 52.5 Å². The van der Waals surface area contributed by atoms with Crippen molar-refractivity contribution in [2.75, 3.05) is 39.6 Å². The summed E-state index contributed by atoms with van der Waals surface area (Å²) in [5, 5.41) is 20.7. The summed E-state index contributed by atoms with van der Waals surface area (Å²) < 4.78 is 57.2. The number of aldehydes is 1. The van der Waals surface area contributed by atoms with Crippen molar-refractivity contribution >= 4 is 72.5 Å². The maximum Gasteiger partial charge on any atom is 0.339 e. The molecule has 2 aliphatic rings. The van der Waals surface area contributed by atoms with Gasteiger partial charge >= 0.3 is 5.97 Å². The number of hydrogen-bond donors (Lipinski definition) is 1. The van der Waals surface area contributed by atoms with Crippen molar-refractivity contribution in [3.05, 3.63) is 83.9 Å². The Morgan fingerprint density at radius 3 is 1.63 bits per heavy atom. The first kappa shape index (κ1) is 46.0. The Kier molecular flexibility index (Phi) is 12.7. The lowest BCUT2D eigenvalue weighted by Crippen LogP contribution is -2.31. The van der Waals surface area contributed by atoms with E-state index in [2.05, 4.69) is 59.3 Å². The smallest absolute Gasteiger partial charge is 0.339 e. The summed E-state index contributed by atoms with van der Waals surface area (Å²) in [5.74, 6) is -1.78. The van der Waals surface area contributed by atoms with Crippen molar-refractivity contribution in [1.29, 1.82) is 0 Å². The Morgan fingerprint density at radius 2 is 1.19 bits per heavy atom. The molecular weight excluding hydrogens is 899 g/mol.